The lowest BCUT2D eigenvalue weighted by molar-refractivity contribution is 0.181. The minimum Gasteiger partial charge on any atom is -0.396 e. The summed E-state index contributed by atoms with van der Waals surface area (Å²) >= 11 is 0. The molecule has 2 aliphatic rings. The normalized spacial score (nSPS) is 23.9. The lowest BCUT2D eigenvalue weighted by atomic mass is 10.0. The maximum atomic E-state index is 9.30. The Balaban J connectivity index is 1.63. The fraction of sp³-hybridized carbons (Fsp3) is 0.867. The van der Waals surface area contributed by atoms with E-state index in [-0.39, 0.29) is 5.41 Å². The molecule has 1 saturated heterocycles. The van der Waals surface area contributed by atoms with Crippen molar-refractivity contribution >= 4 is 0 Å². The molecule has 3 nitrogen and oxygen atoms in total. The van der Waals surface area contributed by atoms with Gasteiger partial charge in [0.1, 0.15) is 0 Å². The van der Waals surface area contributed by atoms with Gasteiger partial charge in [0.25, 0.3) is 0 Å². The SMILES string of the molecule is CC(C)=CCN1CCC(NCC2(CO)CC2)CC1. The summed E-state index contributed by atoms with van der Waals surface area (Å²) in [5.74, 6) is 0. The van der Waals surface area contributed by atoms with Gasteiger partial charge >= 0.3 is 0 Å². The van der Waals surface area contributed by atoms with Crippen LogP contribution in [0.25, 0.3) is 0 Å². The van der Waals surface area contributed by atoms with Crippen LogP contribution in [0.2, 0.25) is 0 Å². The first kappa shape index (κ1) is 14.0. The highest BCUT2D eigenvalue weighted by Gasteiger charge is 2.41. The number of allylic oxidation sites excluding steroid dienone is 1. The van der Waals surface area contributed by atoms with Crippen LogP contribution in [0.5, 0.6) is 0 Å². The Kier molecular flexibility index (Phi) is 4.82. The molecule has 0 aromatic carbocycles. The Morgan fingerprint density at radius 1 is 1.33 bits per heavy atom. The van der Waals surface area contributed by atoms with Crippen molar-refractivity contribution in [1.29, 1.82) is 0 Å². The van der Waals surface area contributed by atoms with Gasteiger partial charge in [-0.2, -0.15) is 0 Å². The monoisotopic (exact) mass is 252 g/mol. The molecule has 0 bridgehead atoms. The maximum Gasteiger partial charge on any atom is 0.0499 e. The lowest BCUT2D eigenvalue weighted by Gasteiger charge is -2.32. The second-order valence-corrected chi connectivity index (χ2v) is 6.40. The molecular formula is C15H28N2O. The van der Waals surface area contributed by atoms with E-state index >= 15 is 0 Å². The minimum absolute atomic E-state index is 0.249. The van der Waals surface area contributed by atoms with Crippen LogP contribution in [0, 0.1) is 5.41 Å². The van der Waals surface area contributed by atoms with E-state index in [1.807, 2.05) is 0 Å². The summed E-state index contributed by atoms with van der Waals surface area (Å²) < 4.78 is 0. The van der Waals surface area contributed by atoms with Crippen molar-refractivity contribution in [2.24, 2.45) is 5.41 Å². The molecule has 104 valence electrons. The third-order valence-corrected chi connectivity index (χ3v) is 4.40. The summed E-state index contributed by atoms with van der Waals surface area (Å²) in [5.41, 5.74) is 1.66. The van der Waals surface area contributed by atoms with Gasteiger partial charge in [-0.1, -0.05) is 11.6 Å². The third-order valence-electron chi connectivity index (χ3n) is 4.40. The van der Waals surface area contributed by atoms with Crippen LogP contribution in [0.1, 0.15) is 39.5 Å². The van der Waals surface area contributed by atoms with Crippen LogP contribution in [-0.4, -0.2) is 48.8 Å². The van der Waals surface area contributed by atoms with Crippen molar-refractivity contribution in [2.45, 2.75) is 45.6 Å². The van der Waals surface area contributed by atoms with E-state index in [4.69, 9.17) is 0 Å². The van der Waals surface area contributed by atoms with Crippen molar-refractivity contribution in [3.63, 3.8) is 0 Å². The highest BCUT2D eigenvalue weighted by Crippen LogP contribution is 2.44. The fourth-order valence-electron chi connectivity index (χ4n) is 2.56. The van der Waals surface area contributed by atoms with Gasteiger partial charge in [-0.3, -0.25) is 4.90 Å². The molecule has 1 saturated carbocycles. The molecule has 0 radical (unpaired) electrons. The fourth-order valence-corrected chi connectivity index (χ4v) is 2.56. The molecule has 0 unspecified atom stereocenters. The van der Waals surface area contributed by atoms with E-state index < -0.39 is 0 Å². The second-order valence-electron chi connectivity index (χ2n) is 6.40. The summed E-state index contributed by atoms with van der Waals surface area (Å²) in [5, 5.41) is 13.0. The van der Waals surface area contributed by atoms with Gasteiger partial charge in [0.2, 0.25) is 0 Å². The van der Waals surface area contributed by atoms with Gasteiger partial charge < -0.3 is 10.4 Å². The molecule has 1 heterocycles. The lowest BCUT2D eigenvalue weighted by Crippen LogP contribution is -2.44. The van der Waals surface area contributed by atoms with E-state index in [1.54, 1.807) is 0 Å². The Bertz CT molecular complexity index is 285. The maximum absolute atomic E-state index is 9.30. The summed E-state index contributed by atoms with van der Waals surface area (Å²) in [6.45, 7) is 9.22. The average Bonchev–Trinajstić information content (AvgIpc) is 3.16. The number of aliphatic hydroxyl groups is 1. The molecule has 0 spiro atoms. The van der Waals surface area contributed by atoms with Crippen molar-refractivity contribution in [2.75, 3.05) is 32.8 Å². The zero-order valence-electron chi connectivity index (χ0n) is 11.9. The molecule has 2 rings (SSSR count). The van der Waals surface area contributed by atoms with Crippen LogP contribution in [0.3, 0.4) is 0 Å². The largest absolute Gasteiger partial charge is 0.396 e. The molecule has 1 aliphatic heterocycles. The second kappa shape index (κ2) is 6.18. The number of aliphatic hydroxyl groups excluding tert-OH is 1. The van der Waals surface area contributed by atoms with Gasteiger partial charge in [-0.05, 0) is 52.6 Å². The average molecular weight is 252 g/mol. The van der Waals surface area contributed by atoms with Crippen LogP contribution in [-0.2, 0) is 0 Å². The molecule has 3 heteroatoms. The number of nitrogens with one attached hydrogen (secondary N) is 1. The first-order valence-electron chi connectivity index (χ1n) is 7.33. The number of likely N-dealkylation sites (tertiary alicyclic amines) is 1. The van der Waals surface area contributed by atoms with Crippen LogP contribution < -0.4 is 5.32 Å². The highest BCUT2D eigenvalue weighted by atomic mass is 16.3. The summed E-state index contributed by atoms with van der Waals surface area (Å²) in [7, 11) is 0. The van der Waals surface area contributed by atoms with E-state index in [9.17, 15) is 5.11 Å². The van der Waals surface area contributed by atoms with Crippen molar-refractivity contribution in [3.05, 3.63) is 11.6 Å². The molecule has 0 aromatic rings. The van der Waals surface area contributed by atoms with E-state index in [0.29, 0.717) is 12.6 Å². The third kappa shape index (κ3) is 4.08. The molecule has 18 heavy (non-hydrogen) atoms. The molecule has 2 fully saturated rings. The molecule has 1 aliphatic carbocycles. The van der Waals surface area contributed by atoms with Gasteiger partial charge in [-0.15, -0.1) is 0 Å². The Morgan fingerprint density at radius 3 is 2.50 bits per heavy atom. The van der Waals surface area contributed by atoms with Crippen molar-refractivity contribution in [3.8, 4) is 0 Å². The Hall–Kier alpha value is -0.380. The Labute approximate surface area is 111 Å². The number of piperidine rings is 1. The van der Waals surface area contributed by atoms with E-state index in [1.165, 1.54) is 44.3 Å². The molecule has 0 atom stereocenters. The quantitative estimate of drug-likeness (QED) is 0.707. The zero-order valence-corrected chi connectivity index (χ0v) is 11.9. The number of hydrogen-bond acceptors (Lipinski definition) is 3. The van der Waals surface area contributed by atoms with E-state index in [2.05, 4.69) is 30.1 Å². The molecular weight excluding hydrogens is 224 g/mol. The van der Waals surface area contributed by atoms with Crippen molar-refractivity contribution < 1.29 is 5.11 Å². The predicted molar refractivity (Wildman–Crippen MR) is 75.6 cm³/mol. The van der Waals surface area contributed by atoms with Crippen LogP contribution in [0.15, 0.2) is 11.6 Å². The van der Waals surface area contributed by atoms with Gasteiger partial charge in [0.05, 0.1) is 0 Å². The van der Waals surface area contributed by atoms with E-state index in [0.717, 1.165) is 13.1 Å². The van der Waals surface area contributed by atoms with Gasteiger partial charge in [0, 0.05) is 31.2 Å². The summed E-state index contributed by atoms with van der Waals surface area (Å²) in [6, 6.07) is 0.664. The first-order valence-corrected chi connectivity index (χ1v) is 7.33. The predicted octanol–water partition coefficient (Wildman–Crippen LogP) is 1.78. The number of rotatable bonds is 6. The highest BCUT2D eigenvalue weighted by molar-refractivity contribution is 4.97. The van der Waals surface area contributed by atoms with Crippen molar-refractivity contribution in [1.82, 2.24) is 10.2 Å². The Morgan fingerprint density at radius 2 is 2.00 bits per heavy atom. The van der Waals surface area contributed by atoms with Gasteiger partial charge in [0.15, 0.2) is 0 Å². The number of nitrogens with zero attached hydrogens (tertiary/aromatic N) is 1. The minimum atomic E-state index is 0.249. The molecule has 2 N–H and O–H groups in total. The van der Waals surface area contributed by atoms with Crippen LogP contribution in [0.4, 0.5) is 0 Å². The first-order chi connectivity index (χ1) is 8.63. The number of hydrogen-bond donors (Lipinski definition) is 2. The molecule has 0 aromatic heterocycles. The summed E-state index contributed by atoms with van der Waals surface area (Å²) in [4.78, 5) is 2.53. The standard InChI is InChI=1S/C15H28N2O/c1-13(2)3-8-17-9-4-14(5-10-17)16-11-15(12-18)6-7-15/h3,14,16,18H,4-12H2,1-2H3. The smallest absolute Gasteiger partial charge is 0.0499 e. The molecule has 0 amide bonds. The zero-order chi connectivity index (χ0) is 13.0. The van der Waals surface area contributed by atoms with Gasteiger partial charge in [-0.25, -0.2) is 0 Å². The topological polar surface area (TPSA) is 35.5 Å². The van der Waals surface area contributed by atoms with Crippen LogP contribution >= 0.6 is 0 Å². The summed E-state index contributed by atoms with van der Waals surface area (Å²) in [6.07, 6.45) is 7.22.